The Kier molecular flexibility index (Phi) is 6.89. The monoisotopic (exact) mass is 464 g/mol. The van der Waals surface area contributed by atoms with Gasteiger partial charge >= 0.3 is 0 Å². The predicted octanol–water partition coefficient (Wildman–Crippen LogP) is 4.55. The molecule has 0 saturated carbocycles. The van der Waals surface area contributed by atoms with E-state index < -0.39 is 0 Å². The molecule has 0 atom stereocenters. The van der Waals surface area contributed by atoms with Crippen LogP contribution in [0.2, 0.25) is 0 Å². The van der Waals surface area contributed by atoms with Gasteiger partial charge in [-0.15, -0.1) is 0 Å². The van der Waals surface area contributed by atoms with Gasteiger partial charge in [0.2, 0.25) is 11.8 Å². The number of nitrogens with one attached hydrogen (secondary N) is 2. The number of aromatic nitrogens is 2. The number of ether oxygens (including phenoxy) is 1. The summed E-state index contributed by atoms with van der Waals surface area (Å²) in [5.41, 5.74) is 2.59. The van der Waals surface area contributed by atoms with Gasteiger partial charge in [0.15, 0.2) is 5.16 Å². The summed E-state index contributed by atoms with van der Waals surface area (Å²) in [4.78, 5) is 29.8. The SMILES string of the molecule is COc1ccccc1NC(=O)Cn1c(SCC(=O)Nc2ccc(F)cc2)nc2ccccc21. The summed E-state index contributed by atoms with van der Waals surface area (Å²) in [5, 5.41) is 6.13. The van der Waals surface area contributed by atoms with Crippen LogP contribution in [0.3, 0.4) is 0 Å². The van der Waals surface area contributed by atoms with E-state index in [-0.39, 0.29) is 29.9 Å². The van der Waals surface area contributed by atoms with Crippen molar-refractivity contribution in [2.75, 3.05) is 23.5 Å². The Labute approximate surface area is 194 Å². The Morgan fingerprint density at radius 3 is 2.48 bits per heavy atom. The molecule has 0 spiro atoms. The molecule has 0 bridgehead atoms. The number of hydrogen-bond donors (Lipinski definition) is 2. The largest absolute Gasteiger partial charge is 0.495 e. The van der Waals surface area contributed by atoms with Crippen LogP contribution in [0.15, 0.2) is 78.0 Å². The number of nitrogens with zero attached hydrogens (tertiary/aromatic N) is 2. The van der Waals surface area contributed by atoms with E-state index in [1.54, 1.807) is 23.8 Å². The van der Waals surface area contributed by atoms with Crippen LogP contribution in [0.5, 0.6) is 5.75 Å². The lowest BCUT2D eigenvalue weighted by Crippen LogP contribution is -2.20. The molecule has 1 aromatic heterocycles. The molecule has 33 heavy (non-hydrogen) atoms. The number of methoxy groups -OCH3 is 1. The summed E-state index contributed by atoms with van der Waals surface area (Å²) >= 11 is 1.22. The molecular weight excluding hydrogens is 443 g/mol. The molecular formula is C24H21FN4O3S. The first-order valence-corrected chi connectivity index (χ1v) is 11.1. The number of fused-ring (bicyclic) bond motifs is 1. The van der Waals surface area contributed by atoms with Gasteiger partial charge in [-0.2, -0.15) is 0 Å². The van der Waals surface area contributed by atoms with Crippen LogP contribution in [-0.2, 0) is 16.1 Å². The summed E-state index contributed by atoms with van der Waals surface area (Å²) in [6.07, 6.45) is 0. The number of para-hydroxylation sites is 4. The van der Waals surface area contributed by atoms with E-state index in [1.165, 1.54) is 36.0 Å². The van der Waals surface area contributed by atoms with Crippen molar-refractivity contribution in [2.45, 2.75) is 11.7 Å². The molecule has 1 heterocycles. The molecule has 4 rings (SSSR count). The van der Waals surface area contributed by atoms with Crippen molar-refractivity contribution in [3.05, 3.63) is 78.6 Å². The molecule has 0 aliphatic carbocycles. The quantitative estimate of drug-likeness (QED) is 0.374. The minimum atomic E-state index is -0.373. The summed E-state index contributed by atoms with van der Waals surface area (Å²) in [5.74, 6) is -0.241. The highest BCUT2D eigenvalue weighted by Crippen LogP contribution is 2.26. The molecule has 168 valence electrons. The Hall–Kier alpha value is -3.85. The maximum Gasteiger partial charge on any atom is 0.244 e. The lowest BCUT2D eigenvalue weighted by atomic mass is 10.3. The molecule has 3 aromatic carbocycles. The molecule has 2 amide bonds. The van der Waals surface area contributed by atoms with Crippen molar-refractivity contribution in [1.29, 1.82) is 0 Å². The molecule has 0 radical (unpaired) electrons. The zero-order valence-corrected chi connectivity index (χ0v) is 18.6. The van der Waals surface area contributed by atoms with Gasteiger partial charge in [-0.25, -0.2) is 9.37 Å². The average Bonchev–Trinajstić information content (AvgIpc) is 3.17. The summed E-state index contributed by atoms with van der Waals surface area (Å²) < 4.78 is 20.1. The molecule has 0 unspecified atom stereocenters. The number of carbonyl (C=O) groups excluding carboxylic acids is 2. The Morgan fingerprint density at radius 1 is 0.970 bits per heavy atom. The van der Waals surface area contributed by atoms with Gasteiger partial charge in [0.25, 0.3) is 0 Å². The fraction of sp³-hybridized carbons (Fsp3) is 0.125. The number of benzene rings is 3. The number of anilines is 2. The third-order valence-electron chi connectivity index (χ3n) is 4.76. The number of imidazole rings is 1. The molecule has 0 aliphatic rings. The average molecular weight is 465 g/mol. The molecule has 0 fully saturated rings. The number of halogens is 1. The predicted molar refractivity (Wildman–Crippen MR) is 127 cm³/mol. The van der Waals surface area contributed by atoms with E-state index in [0.29, 0.717) is 22.3 Å². The fourth-order valence-corrected chi connectivity index (χ4v) is 4.07. The number of thioether (sulfide) groups is 1. The third-order valence-corrected chi connectivity index (χ3v) is 5.74. The Balaban J connectivity index is 1.48. The standard InChI is InChI=1S/C24H21FN4O3S/c1-32-21-9-5-3-7-19(21)27-22(30)14-29-20-8-4-2-6-18(20)28-24(29)33-15-23(31)26-17-12-10-16(25)11-13-17/h2-13H,14-15H2,1H3,(H,26,31)(H,27,30). The molecule has 0 aliphatic heterocycles. The minimum absolute atomic E-state index is 0.0144. The first kappa shape index (κ1) is 22.3. The van der Waals surface area contributed by atoms with Gasteiger partial charge in [-0.3, -0.25) is 9.59 Å². The summed E-state index contributed by atoms with van der Waals surface area (Å²) in [7, 11) is 1.54. The minimum Gasteiger partial charge on any atom is -0.495 e. The van der Waals surface area contributed by atoms with E-state index >= 15 is 0 Å². The highest BCUT2D eigenvalue weighted by Gasteiger charge is 2.16. The molecule has 4 aromatic rings. The van der Waals surface area contributed by atoms with Crippen LogP contribution in [0.25, 0.3) is 11.0 Å². The van der Waals surface area contributed by atoms with Crippen molar-refractivity contribution >= 4 is 46.0 Å². The van der Waals surface area contributed by atoms with Crippen LogP contribution in [0, 0.1) is 5.82 Å². The second-order valence-electron chi connectivity index (χ2n) is 7.06. The van der Waals surface area contributed by atoms with Crippen molar-refractivity contribution in [2.24, 2.45) is 0 Å². The van der Waals surface area contributed by atoms with Crippen molar-refractivity contribution in [3.8, 4) is 5.75 Å². The second-order valence-corrected chi connectivity index (χ2v) is 8.00. The van der Waals surface area contributed by atoms with Crippen LogP contribution in [0.1, 0.15) is 0 Å². The third kappa shape index (κ3) is 5.50. The fourth-order valence-electron chi connectivity index (χ4n) is 3.26. The van der Waals surface area contributed by atoms with E-state index in [2.05, 4.69) is 15.6 Å². The van der Waals surface area contributed by atoms with Gasteiger partial charge in [0, 0.05) is 5.69 Å². The molecule has 7 nitrogen and oxygen atoms in total. The van der Waals surface area contributed by atoms with Gasteiger partial charge in [0.1, 0.15) is 18.1 Å². The maximum atomic E-state index is 13.1. The summed E-state index contributed by atoms with van der Waals surface area (Å²) in [6, 6.07) is 20.2. The van der Waals surface area contributed by atoms with Crippen LogP contribution in [0.4, 0.5) is 15.8 Å². The highest BCUT2D eigenvalue weighted by atomic mass is 32.2. The number of rotatable bonds is 8. The molecule has 0 saturated heterocycles. The van der Waals surface area contributed by atoms with Crippen molar-refractivity contribution < 1.29 is 18.7 Å². The lowest BCUT2D eigenvalue weighted by molar-refractivity contribution is -0.117. The maximum absolute atomic E-state index is 13.1. The zero-order chi connectivity index (χ0) is 23.2. The van der Waals surface area contributed by atoms with Gasteiger partial charge in [-0.05, 0) is 48.5 Å². The van der Waals surface area contributed by atoms with E-state index in [4.69, 9.17) is 4.74 Å². The molecule has 9 heteroatoms. The first-order valence-electron chi connectivity index (χ1n) is 10.1. The second kappa shape index (κ2) is 10.2. The van der Waals surface area contributed by atoms with Crippen molar-refractivity contribution in [3.63, 3.8) is 0 Å². The molecule has 2 N–H and O–H groups in total. The van der Waals surface area contributed by atoms with Gasteiger partial charge < -0.3 is 19.9 Å². The highest BCUT2D eigenvalue weighted by molar-refractivity contribution is 7.99. The number of carbonyl (C=O) groups is 2. The first-order chi connectivity index (χ1) is 16.0. The summed E-state index contributed by atoms with van der Waals surface area (Å²) in [6.45, 7) is 0.0144. The number of amides is 2. The Bertz CT molecular complexity index is 1290. The van der Waals surface area contributed by atoms with Gasteiger partial charge in [-0.1, -0.05) is 36.0 Å². The smallest absolute Gasteiger partial charge is 0.244 e. The van der Waals surface area contributed by atoms with Crippen LogP contribution >= 0.6 is 11.8 Å². The lowest BCUT2D eigenvalue weighted by Gasteiger charge is -2.12. The van der Waals surface area contributed by atoms with Crippen LogP contribution < -0.4 is 15.4 Å². The van der Waals surface area contributed by atoms with Crippen LogP contribution in [-0.4, -0.2) is 34.2 Å². The van der Waals surface area contributed by atoms with E-state index in [9.17, 15) is 14.0 Å². The van der Waals surface area contributed by atoms with Crippen molar-refractivity contribution in [1.82, 2.24) is 9.55 Å². The van der Waals surface area contributed by atoms with Gasteiger partial charge in [0.05, 0.1) is 29.6 Å². The zero-order valence-electron chi connectivity index (χ0n) is 17.7. The van der Waals surface area contributed by atoms with E-state index in [0.717, 1.165) is 11.0 Å². The Morgan fingerprint density at radius 2 is 1.70 bits per heavy atom. The topological polar surface area (TPSA) is 85.2 Å². The number of hydrogen-bond acceptors (Lipinski definition) is 5. The van der Waals surface area contributed by atoms with E-state index in [1.807, 2.05) is 36.4 Å². The normalized spacial score (nSPS) is 10.7.